The molecule has 0 spiro atoms. The molecule has 2 N–H and O–H groups in total. The van der Waals surface area contributed by atoms with Gasteiger partial charge in [-0.15, -0.1) is 0 Å². The molecule has 5 aromatic rings. The van der Waals surface area contributed by atoms with Gasteiger partial charge in [-0.3, -0.25) is 4.98 Å². The Balaban J connectivity index is 1.46. The number of aromatic nitrogens is 1. The van der Waals surface area contributed by atoms with Crippen molar-refractivity contribution in [2.45, 2.75) is 0 Å². The van der Waals surface area contributed by atoms with Crippen molar-refractivity contribution < 1.29 is 23.7 Å². The van der Waals surface area contributed by atoms with Crippen molar-refractivity contribution in [3.63, 3.8) is 0 Å². The van der Waals surface area contributed by atoms with E-state index in [1.54, 1.807) is 45.7 Å². The fraction of sp³-hybridized carbons (Fsp3) is 0.103. The number of anilines is 2. The van der Waals surface area contributed by atoms with E-state index in [2.05, 4.69) is 15.6 Å². The summed E-state index contributed by atoms with van der Waals surface area (Å²) in [5, 5.41) is 8.22. The number of ether oxygens (including phenoxy) is 4. The normalized spacial score (nSPS) is 10.7. The number of methoxy groups -OCH3 is 3. The van der Waals surface area contributed by atoms with E-state index in [1.807, 2.05) is 60.7 Å². The first kappa shape index (κ1) is 23.7. The van der Waals surface area contributed by atoms with Crippen LogP contribution in [-0.4, -0.2) is 32.3 Å². The maximum absolute atomic E-state index is 12.7. The van der Waals surface area contributed by atoms with Crippen molar-refractivity contribution in [2.75, 3.05) is 32.0 Å². The van der Waals surface area contributed by atoms with Gasteiger partial charge in [0.1, 0.15) is 17.2 Å². The van der Waals surface area contributed by atoms with E-state index in [1.165, 1.54) is 0 Å². The van der Waals surface area contributed by atoms with Gasteiger partial charge in [-0.1, -0.05) is 30.3 Å². The number of fused-ring (bicyclic) bond motifs is 2. The van der Waals surface area contributed by atoms with Crippen LogP contribution in [0.2, 0.25) is 0 Å². The third-order valence-corrected chi connectivity index (χ3v) is 5.89. The van der Waals surface area contributed by atoms with Gasteiger partial charge in [-0.25, -0.2) is 4.79 Å². The lowest BCUT2D eigenvalue weighted by molar-refractivity contribution is 0.262. The summed E-state index contributed by atoms with van der Waals surface area (Å²) >= 11 is 0. The first-order valence-electron chi connectivity index (χ1n) is 11.5. The smallest absolute Gasteiger partial charge is 0.323 e. The first-order valence-corrected chi connectivity index (χ1v) is 11.5. The predicted octanol–water partition coefficient (Wildman–Crippen LogP) is 6.85. The van der Waals surface area contributed by atoms with Gasteiger partial charge in [0.05, 0.1) is 32.5 Å². The molecule has 8 heteroatoms. The van der Waals surface area contributed by atoms with Crippen LogP contribution < -0.4 is 29.6 Å². The fourth-order valence-electron chi connectivity index (χ4n) is 4.11. The summed E-state index contributed by atoms with van der Waals surface area (Å²) in [6.07, 6.45) is 1.69. The Morgan fingerprint density at radius 3 is 2.22 bits per heavy atom. The van der Waals surface area contributed by atoms with Crippen molar-refractivity contribution in [1.82, 2.24) is 4.98 Å². The quantitative estimate of drug-likeness (QED) is 0.257. The molecule has 0 aliphatic carbocycles. The predicted molar refractivity (Wildman–Crippen MR) is 145 cm³/mol. The minimum Gasteiger partial charge on any atom is -0.497 e. The molecule has 5 rings (SSSR count). The maximum Gasteiger partial charge on any atom is 0.323 e. The van der Waals surface area contributed by atoms with Crippen LogP contribution in [0.5, 0.6) is 28.7 Å². The summed E-state index contributed by atoms with van der Waals surface area (Å²) in [6.45, 7) is 0. The Kier molecular flexibility index (Phi) is 6.63. The number of pyridine rings is 1. The SMILES string of the molecule is COc1cccc(NC(=O)Nc2ccc(Oc3ccnc4cc(OC)c(OC)cc34)c3ccccc23)c1. The third-order valence-electron chi connectivity index (χ3n) is 5.89. The summed E-state index contributed by atoms with van der Waals surface area (Å²) < 4.78 is 22.5. The highest BCUT2D eigenvalue weighted by Gasteiger charge is 2.14. The zero-order valence-electron chi connectivity index (χ0n) is 20.6. The van der Waals surface area contributed by atoms with E-state index >= 15 is 0 Å². The summed E-state index contributed by atoms with van der Waals surface area (Å²) in [5.41, 5.74) is 1.99. The Bertz CT molecular complexity index is 1600. The second-order valence-corrected chi connectivity index (χ2v) is 8.10. The summed E-state index contributed by atoms with van der Waals surface area (Å²) in [7, 11) is 4.75. The highest BCUT2D eigenvalue weighted by molar-refractivity contribution is 6.07. The van der Waals surface area contributed by atoms with E-state index in [0.29, 0.717) is 45.6 Å². The van der Waals surface area contributed by atoms with Crippen LogP contribution in [0.4, 0.5) is 16.2 Å². The number of nitrogens with one attached hydrogen (secondary N) is 2. The van der Waals surface area contributed by atoms with Gasteiger partial charge >= 0.3 is 6.03 Å². The van der Waals surface area contributed by atoms with Gasteiger partial charge in [-0.05, 0) is 36.4 Å². The molecule has 0 radical (unpaired) electrons. The fourth-order valence-corrected chi connectivity index (χ4v) is 4.11. The van der Waals surface area contributed by atoms with Crippen molar-refractivity contribution >= 4 is 39.1 Å². The van der Waals surface area contributed by atoms with Crippen LogP contribution in [0.15, 0.2) is 85.1 Å². The number of carbonyl (C=O) groups is 1. The van der Waals surface area contributed by atoms with Crippen LogP contribution in [0.3, 0.4) is 0 Å². The van der Waals surface area contributed by atoms with Crippen molar-refractivity contribution in [1.29, 1.82) is 0 Å². The minimum absolute atomic E-state index is 0.367. The molecule has 0 unspecified atom stereocenters. The monoisotopic (exact) mass is 495 g/mol. The standard InChI is InChI=1S/C29H25N3O5/c1-34-19-8-6-7-18(15-19)31-29(33)32-23-11-12-25(21-10-5-4-9-20(21)23)37-26-13-14-30-24-17-28(36-3)27(35-2)16-22(24)26/h4-17H,1-3H3,(H2,31,32,33). The molecule has 0 fully saturated rings. The molecule has 0 atom stereocenters. The average Bonchev–Trinajstić information content (AvgIpc) is 2.93. The number of hydrogen-bond donors (Lipinski definition) is 2. The van der Waals surface area contributed by atoms with E-state index in [4.69, 9.17) is 18.9 Å². The molecule has 2 amide bonds. The molecule has 0 saturated carbocycles. The number of amides is 2. The molecule has 8 nitrogen and oxygen atoms in total. The number of rotatable bonds is 7. The van der Waals surface area contributed by atoms with Gasteiger partial charge in [0, 0.05) is 40.2 Å². The molecule has 0 aliphatic heterocycles. The molecule has 1 heterocycles. The highest BCUT2D eigenvalue weighted by atomic mass is 16.5. The molecule has 0 bridgehead atoms. The van der Waals surface area contributed by atoms with Gasteiger partial charge < -0.3 is 29.6 Å². The zero-order chi connectivity index (χ0) is 25.8. The second-order valence-electron chi connectivity index (χ2n) is 8.10. The van der Waals surface area contributed by atoms with Crippen LogP contribution in [0.1, 0.15) is 0 Å². The molecule has 0 aliphatic rings. The Morgan fingerprint density at radius 2 is 1.43 bits per heavy atom. The number of nitrogens with zero attached hydrogens (tertiary/aromatic N) is 1. The van der Waals surface area contributed by atoms with Crippen molar-refractivity contribution in [3.05, 3.63) is 85.1 Å². The van der Waals surface area contributed by atoms with Gasteiger partial charge in [0.15, 0.2) is 11.5 Å². The first-order chi connectivity index (χ1) is 18.1. The Labute approximate surface area is 213 Å². The molecule has 1 aromatic heterocycles. The summed E-state index contributed by atoms with van der Waals surface area (Å²) in [6, 6.07) is 23.6. The third kappa shape index (κ3) is 4.90. The van der Waals surface area contributed by atoms with Gasteiger partial charge in [-0.2, -0.15) is 0 Å². The topological polar surface area (TPSA) is 90.9 Å². The zero-order valence-corrected chi connectivity index (χ0v) is 20.6. The lowest BCUT2D eigenvalue weighted by Crippen LogP contribution is -2.19. The van der Waals surface area contributed by atoms with Crippen LogP contribution >= 0.6 is 0 Å². The minimum atomic E-state index is -0.367. The highest BCUT2D eigenvalue weighted by Crippen LogP contribution is 2.39. The van der Waals surface area contributed by atoms with Crippen LogP contribution in [0, 0.1) is 0 Å². The van der Waals surface area contributed by atoms with Crippen LogP contribution in [-0.2, 0) is 0 Å². The van der Waals surface area contributed by atoms with Gasteiger partial charge in [0.25, 0.3) is 0 Å². The van der Waals surface area contributed by atoms with Gasteiger partial charge in [0.2, 0.25) is 0 Å². The van der Waals surface area contributed by atoms with E-state index in [-0.39, 0.29) is 6.03 Å². The summed E-state index contributed by atoms with van der Waals surface area (Å²) in [5.74, 6) is 3.08. The molecule has 186 valence electrons. The number of hydrogen-bond acceptors (Lipinski definition) is 6. The van der Waals surface area contributed by atoms with E-state index < -0.39 is 0 Å². The Hall–Kier alpha value is -4.98. The average molecular weight is 496 g/mol. The molecular weight excluding hydrogens is 470 g/mol. The molecule has 0 saturated heterocycles. The van der Waals surface area contributed by atoms with Crippen molar-refractivity contribution in [3.8, 4) is 28.7 Å². The number of benzene rings is 4. The molecule has 37 heavy (non-hydrogen) atoms. The number of urea groups is 1. The van der Waals surface area contributed by atoms with Crippen molar-refractivity contribution in [2.24, 2.45) is 0 Å². The Morgan fingerprint density at radius 1 is 0.676 bits per heavy atom. The largest absolute Gasteiger partial charge is 0.497 e. The van der Waals surface area contributed by atoms with E-state index in [9.17, 15) is 4.79 Å². The lowest BCUT2D eigenvalue weighted by Gasteiger charge is -2.15. The molecular formula is C29H25N3O5. The number of carbonyl (C=O) groups excluding carboxylic acids is 1. The lowest BCUT2D eigenvalue weighted by atomic mass is 10.1. The van der Waals surface area contributed by atoms with E-state index in [0.717, 1.165) is 16.2 Å². The molecule has 4 aromatic carbocycles. The summed E-state index contributed by atoms with van der Waals surface area (Å²) in [4.78, 5) is 17.2. The second kappa shape index (κ2) is 10.3. The maximum atomic E-state index is 12.7. The van der Waals surface area contributed by atoms with Crippen LogP contribution in [0.25, 0.3) is 21.7 Å².